The van der Waals surface area contributed by atoms with Gasteiger partial charge in [0, 0.05) is 12.0 Å². The molecule has 68 valence electrons. The highest BCUT2D eigenvalue weighted by molar-refractivity contribution is 5.80. The zero-order valence-electron chi connectivity index (χ0n) is 7.68. The molecule has 0 aromatic heterocycles. The molecular weight excluding hydrogens is 150 g/mol. The van der Waals surface area contributed by atoms with Crippen LogP contribution in [0, 0.1) is 11.8 Å². The van der Waals surface area contributed by atoms with Gasteiger partial charge in [-0.2, -0.15) is 0 Å². The molecule has 0 radical (unpaired) electrons. The fourth-order valence-corrected chi connectivity index (χ4v) is 2.70. The van der Waals surface area contributed by atoms with E-state index in [2.05, 4.69) is 12.2 Å². The minimum Gasteiger partial charge on any atom is -0.353 e. The molecule has 0 spiro atoms. The lowest BCUT2D eigenvalue weighted by atomic mass is 9.73. The zero-order valence-corrected chi connectivity index (χ0v) is 7.68. The molecule has 2 heteroatoms. The van der Waals surface area contributed by atoms with Crippen LogP contribution < -0.4 is 5.32 Å². The molecule has 0 aromatic rings. The van der Waals surface area contributed by atoms with Crippen LogP contribution >= 0.6 is 0 Å². The van der Waals surface area contributed by atoms with Gasteiger partial charge in [0.1, 0.15) is 0 Å². The first-order valence-corrected chi connectivity index (χ1v) is 5.08. The monoisotopic (exact) mass is 167 g/mol. The second kappa shape index (κ2) is 3.08. The molecule has 0 bridgehead atoms. The summed E-state index contributed by atoms with van der Waals surface area (Å²) in [5.41, 5.74) is 0. The van der Waals surface area contributed by atoms with E-state index in [0.29, 0.717) is 23.8 Å². The topological polar surface area (TPSA) is 29.1 Å². The second-order valence-corrected chi connectivity index (χ2v) is 4.30. The van der Waals surface area contributed by atoms with Gasteiger partial charge >= 0.3 is 0 Å². The van der Waals surface area contributed by atoms with Crippen LogP contribution in [0.1, 0.15) is 39.0 Å². The van der Waals surface area contributed by atoms with Gasteiger partial charge in [-0.1, -0.05) is 12.8 Å². The maximum absolute atomic E-state index is 11.5. The summed E-state index contributed by atoms with van der Waals surface area (Å²) in [6, 6.07) is 0.414. The van der Waals surface area contributed by atoms with Gasteiger partial charge in [0.05, 0.1) is 0 Å². The van der Waals surface area contributed by atoms with E-state index >= 15 is 0 Å². The smallest absolute Gasteiger partial charge is 0.223 e. The number of piperidine rings is 1. The third-order valence-corrected chi connectivity index (χ3v) is 3.29. The van der Waals surface area contributed by atoms with Crippen molar-refractivity contribution in [2.75, 3.05) is 0 Å². The highest BCUT2D eigenvalue weighted by atomic mass is 16.2. The first-order valence-electron chi connectivity index (χ1n) is 5.08. The highest BCUT2D eigenvalue weighted by Gasteiger charge is 2.35. The van der Waals surface area contributed by atoms with Gasteiger partial charge in [0.2, 0.25) is 5.91 Å². The molecule has 1 aliphatic carbocycles. The molecule has 2 nitrogen and oxygen atoms in total. The predicted molar refractivity (Wildman–Crippen MR) is 47.7 cm³/mol. The Labute approximate surface area is 73.7 Å². The minimum atomic E-state index is 0.318. The Kier molecular flexibility index (Phi) is 2.07. The summed E-state index contributed by atoms with van der Waals surface area (Å²) >= 11 is 0. The molecule has 12 heavy (non-hydrogen) atoms. The molecule has 3 unspecified atom stereocenters. The first kappa shape index (κ1) is 8.09. The summed E-state index contributed by atoms with van der Waals surface area (Å²) in [5, 5.41) is 3.04. The number of nitrogens with one attached hydrogen (secondary N) is 1. The fraction of sp³-hybridized carbons (Fsp3) is 0.900. The van der Waals surface area contributed by atoms with Crippen molar-refractivity contribution in [2.45, 2.75) is 45.1 Å². The molecule has 1 amide bonds. The van der Waals surface area contributed by atoms with Crippen molar-refractivity contribution in [3.8, 4) is 0 Å². The number of hydrogen-bond acceptors (Lipinski definition) is 1. The summed E-state index contributed by atoms with van der Waals surface area (Å²) < 4.78 is 0. The number of amides is 1. The Morgan fingerprint density at radius 2 is 2.08 bits per heavy atom. The second-order valence-electron chi connectivity index (χ2n) is 4.30. The average Bonchev–Trinajstić information content (AvgIpc) is 2.04. The van der Waals surface area contributed by atoms with Gasteiger partial charge in [-0.15, -0.1) is 0 Å². The van der Waals surface area contributed by atoms with E-state index in [-0.39, 0.29) is 0 Å². The fourth-order valence-electron chi connectivity index (χ4n) is 2.70. The van der Waals surface area contributed by atoms with Crippen molar-refractivity contribution in [3.05, 3.63) is 0 Å². The van der Waals surface area contributed by atoms with Crippen LogP contribution in [0.4, 0.5) is 0 Å². The van der Waals surface area contributed by atoms with Gasteiger partial charge in [0.15, 0.2) is 0 Å². The van der Waals surface area contributed by atoms with Crippen molar-refractivity contribution in [1.29, 1.82) is 0 Å². The standard InChI is InChI=1S/C10H17NO/c1-7-6-8-4-2-3-5-9(8)10(12)11-7/h7-9H,2-6H2,1H3,(H,11,12). The van der Waals surface area contributed by atoms with Crippen LogP contribution in [0.25, 0.3) is 0 Å². The third-order valence-electron chi connectivity index (χ3n) is 3.29. The molecule has 1 aliphatic heterocycles. The molecule has 2 rings (SSSR count). The Balaban J connectivity index is 2.06. The first-order chi connectivity index (χ1) is 5.77. The van der Waals surface area contributed by atoms with Crippen LogP contribution in [0.2, 0.25) is 0 Å². The largest absolute Gasteiger partial charge is 0.353 e. The molecule has 1 heterocycles. The molecule has 1 saturated heterocycles. The molecular formula is C10H17NO. The van der Waals surface area contributed by atoms with Crippen LogP contribution in [0.5, 0.6) is 0 Å². The number of fused-ring (bicyclic) bond motifs is 1. The quantitative estimate of drug-likeness (QED) is 0.584. The molecule has 2 aliphatic rings. The normalized spacial score (nSPS) is 41.8. The predicted octanol–water partition coefficient (Wildman–Crippen LogP) is 1.70. The molecule has 1 N–H and O–H groups in total. The maximum atomic E-state index is 11.5. The molecule has 2 fully saturated rings. The van der Waals surface area contributed by atoms with E-state index < -0.39 is 0 Å². The minimum absolute atomic E-state index is 0.318. The van der Waals surface area contributed by atoms with Gasteiger partial charge in [0.25, 0.3) is 0 Å². The Bertz CT molecular complexity index is 190. The highest BCUT2D eigenvalue weighted by Crippen LogP contribution is 2.35. The van der Waals surface area contributed by atoms with Crippen LogP contribution in [0.15, 0.2) is 0 Å². The van der Waals surface area contributed by atoms with Crippen molar-refractivity contribution >= 4 is 5.91 Å². The Morgan fingerprint density at radius 3 is 2.92 bits per heavy atom. The van der Waals surface area contributed by atoms with Crippen molar-refractivity contribution in [3.63, 3.8) is 0 Å². The Morgan fingerprint density at radius 1 is 1.33 bits per heavy atom. The number of carbonyl (C=O) groups is 1. The van der Waals surface area contributed by atoms with E-state index in [4.69, 9.17) is 0 Å². The van der Waals surface area contributed by atoms with Crippen molar-refractivity contribution < 1.29 is 4.79 Å². The van der Waals surface area contributed by atoms with Gasteiger partial charge in [-0.25, -0.2) is 0 Å². The van der Waals surface area contributed by atoms with Crippen LogP contribution in [0.3, 0.4) is 0 Å². The maximum Gasteiger partial charge on any atom is 0.223 e. The van der Waals surface area contributed by atoms with E-state index in [0.717, 1.165) is 6.42 Å². The molecule has 3 atom stereocenters. The van der Waals surface area contributed by atoms with Crippen LogP contribution in [-0.4, -0.2) is 11.9 Å². The van der Waals surface area contributed by atoms with Crippen LogP contribution in [-0.2, 0) is 4.79 Å². The number of hydrogen-bond donors (Lipinski definition) is 1. The summed E-state index contributed by atoms with van der Waals surface area (Å²) in [7, 11) is 0. The lowest BCUT2D eigenvalue weighted by Gasteiger charge is -2.37. The van der Waals surface area contributed by atoms with E-state index in [1.807, 2.05) is 0 Å². The SMILES string of the molecule is CC1CC2CCCCC2C(=O)N1. The third kappa shape index (κ3) is 1.35. The summed E-state index contributed by atoms with van der Waals surface area (Å²) in [5.74, 6) is 1.37. The van der Waals surface area contributed by atoms with Crippen molar-refractivity contribution in [1.82, 2.24) is 5.32 Å². The number of carbonyl (C=O) groups excluding carboxylic acids is 1. The van der Waals surface area contributed by atoms with Gasteiger partial charge in [-0.05, 0) is 32.1 Å². The zero-order chi connectivity index (χ0) is 8.55. The van der Waals surface area contributed by atoms with E-state index in [1.54, 1.807) is 0 Å². The van der Waals surface area contributed by atoms with E-state index in [9.17, 15) is 4.79 Å². The lowest BCUT2D eigenvalue weighted by Crippen LogP contribution is -2.48. The van der Waals surface area contributed by atoms with Crippen molar-refractivity contribution in [2.24, 2.45) is 11.8 Å². The summed E-state index contributed by atoms with van der Waals surface area (Å²) in [6.45, 7) is 2.11. The van der Waals surface area contributed by atoms with Gasteiger partial charge in [-0.3, -0.25) is 4.79 Å². The lowest BCUT2D eigenvalue weighted by molar-refractivity contribution is -0.131. The number of rotatable bonds is 0. The Hall–Kier alpha value is -0.530. The van der Waals surface area contributed by atoms with Gasteiger partial charge < -0.3 is 5.32 Å². The van der Waals surface area contributed by atoms with E-state index in [1.165, 1.54) is 25.7 Å². The molecule has 0 aromatic carbocycles. The molecule has 1 saturated carbocycles. The summed E-state index contributed by atoms with van der Waals surface area (Å²) in [4.78, 5) is 11.5. The average molecular weight is 167 g/mol. The summed E-state index contributed by atoms with van der Waals surface area (Å²) in [6.07, 6.45) is 6.20.